The largest absolute Gasteiger partial charge is 0.352 e. The predicted molar refractivity (Wildman–Crippen MR) is 108 cm³/mol. The lowest BCUT2D eigenvalue weighted by Crippen LogP contribution is -2.50. The first-order chi connectivity index (χ1) is 12.6. The molecule has 0 saturated carbocycles. The maximum Gasteiger partial charge on any atom is 0.321 e. The highest BCUT2D eigenvalue weighted by atomic mass is 32.1. The summed E-state index contributed by atoms with van der Waals surface area (Å²) in [5.74, 6) is 1.04. The van der Waals surface area contributed by atoms with Crippen molar-refractivity contribution in [3.8, 4) is 0 Å². The molecule has 1 saturated heterocycles. The van der Waals surface area contributed by atoms with Crippen LogP contribution >= 0.6 is 11.5 Å². The van der Waals surface area contributed by atoms with Crippen LogP contribution in [0.2, 0.25) is 0 Å². The van der Waals surface area contributed by atoms with Gasteiger partial charge in [-0.2, -0.15) is 4.37 Å². The lowest BCUT2D eigenvalue weighted by Gasteiger charge is -2.35. The third-order valence-electron chi connectivity index (χ3n) is 4.70. The zero-order chi connectivity index (χ0) is 18.1. The fourth-order valence-electron chi connectivity index (χ4n) is 3.47. The number of urea groups is 1. The first-order valence-corrected chi connectivity index (χ1v) is 9.61. The molecule has 1 N–H and O–H groups in total. The second kappa shape index (κ2) is 6.96. The van der Waals surface area contributed by atoms with E-state index in [0.717, 1.165) is 35.7 Å². The van der Waals surface area contributed by atoms with Crippen LogP contribution in [0.3, 0.4) is 0 Å². The average Bonchev–Trinajstić information content (AvgIpc) is 3.05. The van der Waals surface area contributed by atoms with Gasteiger partial charge in [0.1, 0.15) is 5.82 Å². The maximum atomic E-state index is 12.6. The van der Waals surface area contributed by atoms with Crippen LogP contribution in [0.5, 0.6) is 0 Å². The minimum absolute atomic E-state index is 0.0298. The van der Waals surface area contributed by atoms with Gasteiger partial charge in [0.25, 0.3) is 0 Å². The van der Waals surface area contributed by atoms with Crippen molar-refractivity contribution in [3.05, 3.63) is 53.6 Å². The number of carbonyl (C=O) groups is 1. The van der Waals surface area contributed by atoms with E-state index < -0.39 is 0 Å². The SMILES string of the molecule is Cc1cc(C)cc(NC(=O)N2CCN(c3nsc4ccccc34)CC2)c1. The number of aryl methyl sites for hydroxylation is 2. The predicted octanol–water partition coefficient (Wildman–Crippen LogP) is 4.27. The van der Waals surface area contributed by atoms with Gasteiger partial charge in [-0.05, 0) is 60.8 Å². The molecule has 0 atom stereocenters. The van der Waals surface area contributed by atoms with Crippen molar-refractivity contribution in [2.75, 3.05) is 36.4 Å². The van der Waals surface area contributed by atoms with E-state index in [2.05, 4.69) is 32.8 Å². The topological polar surface area (TPSA) is 48.5 Å². The highest BCUT2D eigenvalue weighted by Crippen LogP contribution is 2.29. The van der Waals surface area contributed by atoms with Gasteiger partial charge in [-0.15, -0.1) is 0 Å². The molecule has 3 aromatic rings. The Labute approximate surface area is 157 Å². The number of aromatic nitrogens is 1. The third-order valence-corrected chi connectivity index (χ3v) is 5.51. The summed E-state index contributed by atoms with van der Waals surface area (Å²) < 4.78 is 5.83. The number of fused-ring (bicyclic) bond motifs is 1. The molecular formula is C20H22N4OS. The third kappa shape index (κ3) is 3.37. The molecule has 1 aliphatic heterocycles. The van der Waals surface area contributed by atoms with Crippen molar-refractivity contribution in [1.82, 2.24) is 9.27 Å². The zero-order valence-corrected chi connectivity index (χ0v) is 15.8. The Morgan fingerprint density at radius 1 is 1.04 bits per heavy atom. The molecule has 1 aromatic heterocycles. The average molecular weight is 366 g/mol. The van der Waals surface area contributed by atoms with Crippen molar-refractivity contribution in [2.45, 2.75) is 13.8 Å². The number of nitrogens with zero attached hydrogens (tertiary/aromatic N) is 3. The van der Waals surface area contributed by atoms with E-state index in [1.807, 2.05) is 43.0 Å². The number of hydrogen-bond donors (Lipinski definition) is 1. The molecule has 0 aliphatic carbocycles. The Balaban J connectivity index is 1.41. The molecule has 5 nitrogen and oxygen atoms in total. The van der Waals surface area contributed by atoms with Gasteiger partial charge in [-0.3, -0.25) is 0 Å². The Morgan fingerprint density at radius 3 is 2.46 bits per heavy atom. The number of nitrogens with one attached hydrogen (secondary N) is 1. The van der Waals surface area contributed by atoms with Crippen LogP contribution in [0.25, 0.3) is 10.1 Å². The van der Waals surface area contributed by atoms with Crippen LogP contribution in [0.15, 0.2) is 42.5 Å². The summed E-state index contributed by atoms with van der Waals surface area (Å²) in [5.41, 5.74) is 3.17. The number of piperazine rings is 1. The summed E-state index contributed by atoms with van der Waals surface area (Å²) in [7, 11) is 0. The van der Waals surface area contributed by atoms with E-state index in [9.17, 15) is 4.79 Å². The maximum absolute atomic E-state index is 12.6. The van der Waals surface area contributed by atoms with Gasteiger partial charge in [0.2, 0.25) is 0 Å². The summed E-state index contributed by atoms with van der Waals surface area (Å²) in [4.78, 5) is 16.7. The van der Waals surface area contributed by atoms with Crippen molar-refractivity contribution in [3.63, 3.8) is 0 Å². The van der Waals surface area contributed by atoms with Crippen LogP contribution in [0, 0.1) is 13.8 Å². The van der Waals surface area contributed by atoms with E-state index in [1.54, 1.807) is 0 Å². The molecule has 0 spiro atoms. The van der Waals surface area contributed by atoms with Crippen molar-refractivity contribution >= 4 is 39.2 Å². The first-order valence-electron chi connectivity index (χ1n) is 8.84. The molecule has 1 aliphatic rings. The molecule has 0 bridgehead atoms. The van der Waals surface area contributed by atoms with Crippen LogP contribution in [0.4, 0.5) is 16.3 Å². The van der Waals surface area contributed by atoms with E-state index in [1.165, 1.54) is 21.6 Å². The number of benzene rings is 2. The molecule has 0 radical (unpaired) electrons. The smallest absolute Gasteiger partial charge is 0.321 e. The summed E-state index contributed by atoms with van der Waals surface area (Å²) in [6.07, 6.45) is 0. The molecule has 26 heavy (non-hydrogen) atoms. The van der Waals surface area contributed by atoms with Crippen LogP contribution in [-0.4, -0.2) is 41.5 Å². The van der Waals surface area contributed by atoms with Crippen LogP contribution < -0.4 is 10.2 Å². The molecule has 1 fully saturated rings. The Kier molecular flexibility index (Phi) is 4.51. The standard InChI is InChI=1S/C20H22N4OS/c1-14-11-15(2)13-16(12-14)21-20(25)24-9-7-23(8-10-24)19-17-5-3-4-6-18(17)26-22-19/h3-6,11-13H,7-10H2,1-2H3,(H,21,25). The molecule has 4 rings (SSSR count). The zero-order valence-electron chi connectivity index (χ0n) is 15.0. The van der Waals surface area contributed by atoms with E-state index >= 15 is 0 Å². The highest BCUT2D eigenvalue weighted by Gasteiger charge is 2.23. The fraction of sp³-hybridized carbons (Fsp3) is 0.300. The van der Waals surface area contributed by atoms with E-state index in [-0.39, 0.29) is 6.03 Å². The summed E-state index contributed by atoms with van der Waals surface area (Å²) in [5, 5.41) is 4.23. The van der Waals surface area contributed by atoms with Gasteiger partial charge in [0, 0.05) is 37.3 Å². The molecule has 0 unspecified atom stereocenters. The van der Waals surface area contributed by atoms with E-state index in [0.29, 0.717) is 13.1 Å². The Bertz CT molecular complexity index is 924. The van der Waals surface area contributed by atoms with Crippen molar-refractivity contribution < 1.29 is 4.79 Å². The lowest BCUT2D eigenvalue weighted by atomic mass is 10.1. The molecule has 134 valence electrons. The number of carbonyl (C=O) groups excluding carboxylic acids is 1. The molecule has 6 heteroatoms. The minimum Gasteiger partial charge on any atom is -0.352 e. The van der Waals surface area contributed by atoms with Crippen molar-refractivity contribution in [1.29, 1.82) is 0 Å². The molecule has 2 heterocycles. The van der Waals surface area contributed by atoms with Crippen LogP contribution in [-0.2, 0) is 0 Å². The van der Waals surface area contributed by atoms with Gasteiger partial charge in [-0.1, -0.05) is 18.2 Å². The summed E-state index contributed by atoms with van der Waals surface area (Å²) in [6, 6.07) is 14.4. The van der Waals surface area contributed by atoms with Gasteiger partial charge in [-0.25, -0.2) is 4.79 Å². The second-order valence-corrected chi connectivity index (χ2v) is 7.59. The quantitative estimate of drug-likeness (QED) is 0.737. The fourth-order valence-corrected chi connectivity index (χ4v) is 4.27. The Hall–Kier alpha value is -2.60. The number of anilines is 2. The number of amides is 2. The molecule has 2 amide bonds. The van der Waals surface area contributed by atoms with Gasteiger partial charge < -0.3 is 15.1 Å². The lowest BCUT2D eigenvalue weighted by molar-refractivity contribution is 0.208. The number of hydrogen-bond acceptors (Lipinski definition) is 4. The summed E-state index contributed by atoms with van der Waals surface area (Å²) in [6.45, 7) is 7.08. The summed E-state index contributed by atoms with van der Waals surface area (Å²) >= 11 is 1.53. The minimum atomic E-state index is -0.0298. The highest BCUT2D eigenvalue weighted by molar-refractivity contribution is 7.13. The number of rotatable bonds is 2. The molecular weight excluding hydrogens is 344 g/mol. The Morgan fingerprint density at radius 2 is 1.73 bits per heavy atom. The first kappa shape index (κ1) is 16.8. The normalized spacial score (nSPS) is 14.7. The van der Waals surface area contributed by atoms with Crippen molar-refractivity contribution in [2.24, 2.45) is 0 Å². The monoisotopic (exact) mass is 366 g/mol. The van der Waals surface area contributed by atoms with Gasteiger partial charge in [0.05, 0.1) is 4.70 Å². The van der Waals surface area contributed by atoms with Gasteiger partial charge in [0.15, 0.2) is 0 Å². The molecule has 2 aromatic carbocycles. The second-order valence-electron chi connectivity index (χ2n) is 6.78. The van der Waals surface area contributed by atoms with E-state index in [4.69, 9.17) is 0 Å². The van der Waals surface area contributed by atoms with Crippen LogP contribution in [0.1, 0.15) is 11.1 Å². The van der Waals surface area contributed by atoms with Gasteiger partial charge >= 0.3 is 6.03 Å².